The van der Waals surface area contributed by atoms with Crippen molar-refractivity contribution in [1.29, 1.82) is 0 Å². The highest BCUT2D eigenvalue weighted by molar-refractivity contribution is 8.01. The van der Waals surface area contributed by atoms with Crippen molar-refractivity contribution in [3.63, 3.8) is 0 Å². The molecule has 0 aliphatic carbocycles. The molecule has 128 valence electrons. The van der Waals surface area contributed by atoms with Gasteiger partial charge in [-0.15, -0.1) is 11.8 Å². The minimum absolute atomic E-state index is 0.0718. The number of hydrogen-bond acceptors (Lipinski definition) is 5. The zero-order chi connectivity index (χ0) is 17.7. The van der Waals surface area contributed by atoms with E-state index >= 15 is 0 Å². The molecule has 8 heteroatoms. The van der Waals surface area contributed by atoms with Crippen LogP contribution in [0.1, 0.15) is 18.2 Å². The summed E-state index contributed by atoms with van der Waals surface area (Å²) in [6.07, 6.45) is 0. The SMILES string of the molecule is Cc1cc(NC(=O)C(C)SCC(=O)Nc2cc(F)ccc2C)no1. The number of anilines is 2. The lowest BCUT2D eigenvalue weighted by Gasteiger charge is -2.11. The number of carbonyl (C=O) groups excluding carboxylic acids is 2. The summed E-state index contributed by atoms with van der Waals surface area (Å²) in [6.45, 7) is 5.19. The Labute approximate surface area is 143 Å². The van der Waals surface area contributed by atoms with E-state index in [1.165, 1.54) is 23.9 Å². The Balaban J connectivity index is 1.82. The van der Waals surface area contributed by atoms with E-state index in [-0.39, 0.29) is 17.6 Å². The number of aryl methyl sites for hydroxylation is 2. The van der Waals surface area contributed by atoms with Gasteiger partial charge in [0.05, 0.1) is 11.0 Å². The Morgan fingerprint density at radius 3 is 2.71 bits per heavy atom. The summed E-state index contributed by atoms with van der Waals surface area (Å²) in [4.78, 5) is 23.9. The van der Waals surface area contributed by atoms with E-state index < -0.39 is 11.1 Å². The minimum Gasteiger partial charge on any atom is -0.360 e. The average Bonchev–Trinajstić information content (AvgIpc) is 2.93. The van der Waals surface area contributed by atoms with Gasteiger partial charge in [0, 0.05) is 11.8 Å². The molecule has 1 unspecified atom stereocenters. The van der Waals surface area contributed by atoms with Crippen LogP contribution in [0.25, 0.3) is 0 Å². The first-order chi connectivity index (χ1) is 11.3. The molecule has 0 aliphatic heterocycles. The molecule has 2 rings (SSSR count). The number of hydrogen-bond donors (Lipinski definition) is 2. The first kappa shape index (κ1) is 18.0. The number of halogens is 1. The third kappa shape index (κ3) is 5.09. The van der Waals surface area contributed by atoms with Gasteiger partial charge in [0.15, 0.2) is 5.82 Å². The van der Waals surface area contributed by atoms with Gasteiger partial charge in [0.1, 0.15) is 11.6 Å². The van der Waals surface area contributed by atoms with E-state index in [1.807, 2.05) is 0 Å². The number of carbonyl (C=O) groups is 2. The summed E-state index contributed by atoms with van der Waals surface area (Å²) in [5.41, 5.74) is 1.19. The molecule has 1 aromatic heterocycles. The Morgan fingerprint density at radius 1 is 1.29 bits per heavy atom. The number of nitrogens with one attached hydrogen (secondary N) is 2. The molecule has 1 atom stereocenters. The number of thioether (sulfide) groups is 1. The fraction of sp³-hybridized carbons (Fsp3) is 0.312. The molecular formula is C16H18FN3O3S. The predicted molar refractivity (Wildman–Crippen MR) is 91.6 cm³/mol. The third-order valence-corrected chi connectivity index (χ3v) is 4.33. The first-order valence-electron chi connectivity index (χ1n) is 7.27. The molecule has 0 bridgehead atoms. The maximum absolute atomic E-state index is 13.2. The van der Waals surface area contributed by atoms with Crippen LogP contribution >= 0.6 is 11.8 Å². The van der Waals surface area contributed by atoms with Crippen LogP contribution in [-0.4, -0.2) is 28.0 Å². The number of aromatic nitrogens is 1. The van der Waals surface area contributed by atoms with E-state index in [1.54, 1.807) is 32.9 Å². The second kappa shape index (κ2) is 7.96. The van der Waals surface area contributed by atoms with Gasteiger partial charge >= 0.3 is 0 Å². The summed E-state index contributed by atoms with van der Waals surface area (Å²) in [7, 11) is 0. The van der Waals surface area contributed by atoms with Crippen molar-refractivity contribution in [2.75, 3.05) is 16.4 Å². The standard InChI is InChI=1S/C16H18FN3O3S/c1-9-4-5-12(17)7-13(9)18-15(21)8-24-11(3)16(22)19-14-6-10(2)23-20-14/h4-7,11H,8H2,1-3H3,(H,18,21)(H,19,20,22). The van der Waals surface area contributed by atoms with Gasteiger partial charge < -0.3 is 15.2 Å². The largest absolute Gasteiger partial charge is 0.360 e. The molecule has 0 spiro atoms. The highest BCUT2D eigenvalue weighted by Crippen LogP contribution is 2.18. The highest BCUT2D eigenvalue weighted by atomic mass is 32.2. The fourth-order valence-electron chi connectivity index (χ4n) is 1.84. The molecule has 0 aliphatic rings. The van der Waals surface area contributed by atoms with Gasteiger partial charge in [-0.2, -0.15) is 0 Å². The number of amides is 2. The van der Waals surface area contributed by atoms with Gasteiger partial charge in [-0.1, -0.05) is 11.2 Å². The van der Waals surface area contributed by atoms with E-state index in [2.05, 4.69) is 15.8 Å². The summed E-state index contributed by atoms with van der Waals surface area (Å²) in [5, 5.41) is 8.47. The maximum atomic E-state index is 13.2. The summed E-state index contributed by atoms with van der Waals surface area (Å²) in [6, 6.07) is 5.79. The molecule has 0 saturated carbocycles. The smallest absolute Gasteiger partial charge is 0.238 e. The summed E-state index contributed by atoms with van der Waals surface area (Å²) < 4.78 is 18.1. The Kier molecular flexibility index (Phi) is 5.97. The van der Waals surface area contributed by atoms with Crippen LogP contribution in [0.4, 0.5) is 15.9 Å². The molecule has 2 aromatic rings. The lowest BCUT2D eigenvalue weighted by Crippen LogP contribution is -2.25. The second-order valence-corrected chi connectivity index (χ2v) is 6.60. The van der Waals surface area contributed by atoms with E-state index in [0.29, 0.717) is 17.3 Å². The molecule has 0 fully saturated rings. The Morgan fingerprint density at radius 2 is 2.04 bits per heavy atom. The van der Waals surface area contributed by atoms with Crippen LogP contribution in [0.5, 0.6) is 0 Å². The quantitative estimate of drug-likeness (QED) is 0.835. The number of benzene rings is 1. The van der Waals surface area contributed by atoms with Crippen molar-refractivity contribution in [1.82, 2.24) is 5.16 Å². The lowest BCUT2D eigenvalue weighted by atomic mass is 10.2. The highest BCUT2D eigenvalue weighted by Gasteiger charge is 2.17. The topological polar surface area (TPSA) is 84.2 Å². The molecule has 0 saturated heterocycles. The van der Waals surface area contributed by atoms with Crippen LogP contribution in [0.2, 0.25) is 0 Å². The average molecular weight is 351 g/mol. The van der Waals surface area contributed by atoms with Crippen LogP contribution in [0.3, 0.4) is 0 Å². The number of rotatable bonds is 6. The zero-order valence-corrected chi connectivity index (χ0v) is 14.4. The van der Waals surface area contributed by atoms with E-state index in [9.17, 15) is 14.0 Å². The maximum Gasteiger partial charge on any atom is 0.238 e. The predicted octanol–water partition coefficient (Wildman–Crippen LogP) is 3.13. The normalized spacial score (nSPS) is 11.8. The van der Waals surface area contributed by atoms with Crippen molar-refractivity contribution >= 4 is 35.1 Å². The van der Waals surface area contributed by atoms with E-state index in [0.717, 1.165) is 5.56 Å². The monoisotopic (exact) mass is 351 g/mol. The van der Waals surface area contributed by atoms with Gasteiger partial charge in [-0.3, -0.25) is 9.59 Å². The molecule has 1 aromatic carbocycles. The van der Waals surface area contributed by atoms with Crippen LogP contribution in [-0.2, 0) is 9.59 Å². The van der Waals surface area contributed by atoms with Crippen molar-refractivity contribution in [3.8, 4) is 0 Å². The molecule has 1 heterocycles. The molecule has 2 amide bonds. The van der Waals surface area contributed by atoms with Crippen LogP contribution in [0, 0.1) is 19.7 Å². The molecule has 24 heavy (non-hydrogen) atoms. The van der Waals surface area contributed by atoms with Crippen molar-refractivity contribution < 1.29 is 18.5 Å². The minimum atomic E-state index is -0.457. The van der Waals surface area contributed by atoms with Crippen molar-refractivity contribution in [2.45, 2.75) is 26.0 Å². The van der Waals surface area contributed by atoms with Crippen LogP contribution in [0.15, 0.2) is 28.8 Å². The molecule has 0 radical (unpaired) electrons. The fourth-order valence-corrected chi connectivity index (χ4v) is 2.53. The van der Waals surface area contributed by atoms with Gasteiger partial charge in [0.2, 0.25) is 11.8 Å². The summed E-state index contributed by atoms with van der Waals surface area (Å²) >= 11 is 1.17. The van der Waals surface area contributed by atoms with Crippen molar-refractivity contribution in [2.24, 2.45) is 0 Å². The lowest BCUT2D eigenvalue weighted by molar-refractivity contribution is -0.115. The van der Waals surface area contributed by atoms with E-state index in [4.69, 9.17) is 4.52 Å². The second-order valence-electron chi connectivity index (χ2n) is 5.27. The first-order valence-corrected chi connectivity index (χ1v) is 8.32. The van der Waals surface area contributed by atoms with Crippen LogP contribution < -0.4 is 10.6 Å². The summed E-state index contributed by atoms with van der Waals surface area (Å²) in [5.74, 6) is 0.00987. The van der Waals surface area contributed by atoms with Crippen molar-refractivity contribution in [3.05, 3.63) is 41.4 Å². The van der Waals surface area contributed by atoms with Gasteiger partial charge in [0.25, 0.3) is 0 Å². The Hall–Kier alpha value is -2.35. The van der Waals surface area contributed by atoms with Gasteiger partial charge in [-0.25, -0.2) is 4.39 Å². The molecule has 2 N–H and O–H groups in total. The Bertz CT molecular complexity index is 748. The molecule has 6 nitrogen and oxygen atoms in total. The van der Waals surface area contributed by atoms with Gasteiger partial charge in [-0.05, 0) is 38.5 Å². The zero-order valence-electron chi connectivity index (χ0n) is 13.6. The third-order valence-electron chi connectivity index (χ3n) is 3.19. The number of nitrogens with zero attached hydrogens (tertiary/aromatic N) is 1. The molecular weight excluding hydrogens is 333 g/mol.